The molecule has 3 unspecified atom stereocenters. The molecule has 0 radical (unpaired) electrons. The smallest absolute Gasteiger partial charge is 0.452 e. The zero-order valence-electron chi connectivity index (χ0n) is 17.3. The first-order chi connectivity index (χ1) is 15.3. The average Bonchev–Trinajstić information content (AvgIpc) is 3.18. The van der Waals surface area contributed by atoms with Gasteiger partial charge in [-0.3, -0.25) is 4.79 Å². The summed E-state index contributed by atoms with van der Waals surface area (Å²) in [6, 6.07) is 7.47. The van der Waals surface area contributed by atoms with Crippen LogP contribution in [-0.2, 0) is 26.4 Å². The van der Waals surface area contributed by atoms with Crippen LogP contribution in [0, 0.1) is 0 Å². The molecule has 33 heavy (non-hydrogen) atoms. The number of allylic oxidation sites excluding steroid dienone is 1. The largest absolute Gasteiger partial charge is 0.496 e. The van der Waals surface area contributed by atoms with Crippen LogP contribution >= 0.6 is 11.8 Å². The van der Waals surface area contributed by atoms with Gasteiger partial charge >= 0.3 is 12.1 Å². The molecule has 2 N–H and O–H groups in total. The molecule has 1 saturated carbocycles. The molecule has 0 saturated heterocycles. The average molecular weight is 505 g/mol. The molecule has 1 aliphatic carbocycles. The van der Waals surface area contributed by atoms with Gasteiger partial charge in [-0.2, -0.15) is 17.9 Å². The van der Waals surface area contributed by atoms with Gasteiger partial charge in [0.15, 0.2) is 0 Å². The fraction of sp³-hybridized carbons (Fsp3) is 0.400. The Morgan fingerprint density at radius 2 is 2.06 bits per heavy atom. The maximum absolute atomic E-state index is 13.1. The van der Waals surface area contributed by atoms with Crippen LogP contribution in [0.25, 0.3) is 4.91 Å². The Hall–Kier alpha value is -2.51. The number of carbonyl (C=O) groups is 1. The fourth-order valence-electron chi connectivity index (χ4n) is 4.05. The number of thioether (sulfide) groups is 1. The molecule has 3 atom stereocenters. The van der Waals surface area contributed by atoms with Gasteiger partial charge in [0.2, 0.25) is 15.8 Å². The van der Waals surface area contributed by atoms with Crippen LogP contribution in [0.2, 0.25) is 0 Å². The van der Waals surface area contributed by atoms with Crippen molar-refractivity contribution in [1.82, 2.24) is 9.88 Å². The summed E-state index contributed by atoms with van der Waals surface area (Å²) in [5.41, 5.74) is -2.44. The second-order valence-corrected chi connectivity index (χ2v) is 11.4. The molecule has 1 aromatic heterocycles. The number of ether oxygens (including phenoxy) is 1. The van der Waals surface area contributed by atoms with E-state index in [4.69, 9.17) is 4.74 Å². The van der Waals surface area contributed by atoms with E-state index in [1.807, 2.05) is 0 Å². The van der Waals surface area contributed by atoms with Gasteiger partial charge in [-0.05, 0) is 18.9 Å². The number of hydrogen-bond acceptors (Lipinski definition) is 7. The van der Waals surface area contributed by atoms with E-state index in [2.05, 4.69) is 14.4 Å². The van der Waals surface area contributed by atoms with E-state index in [0.29, 0.717) is 17.4 Å². The molecular formula is C20H19F3N2O6S2. The van der Waals surface area contributed by atoms with Crippen LogP contribution in [-0.4, -0.2) is 41.9 Å². The van der Waals surface area contributed by atoms with Gasteiger partial charge in [0, 0.05) is 21.9 Å². The van der Waals surface area contributed by atoms with Crippen molar-refractivity contribution in [2.24, 2.45) is 0 Å². The highest BCUT2D eigenvalue weighted by Crippen LogP contribution is 2.60. The number of aliphatic carboxylic acids is 1. The number of rotatable bonds is 7. The minimum atomic E-state index is -4.72. The molecule has 0 bridgehead atoms. The van der Waals surface area contributed by atoms with E-state index in [0.717, 1.165) is 11.8 Å². The summed E-state index contributed by atoms with van der Waals surface area (Å²) >= 11 is 0.782. The van der Waals surface area contributed by atoms with E-state index >= 15 is 0 Å². The minimum absolute atomic E-state index is 0.00480. The van der Waals surface area contributed by atoms with E-state index < -0.39 is 43.5 Å². The molecule has 0 spiro atoms. The zero-order valence-corrected chi connectivity index (χ0v) is 19.0. The number of benzene rings is 1. The number of alkyl halides is 3. The lowest BCUT2D eigenvalue weighted by Crippen LogP contribution is -2.50. The number of carboxylic acids is 1. The Kier molecular flexibility index (Phi) is 5.57. The maximum Gasteiger partial charge on any atom is 0.452 e. The second-order valence-electron chi connectivity index (χ2n) is 7.99. The molecule has 1 fully saturated rings. The van der Waals surface area contributed by atoms with Gasteiger partial charge in [-0.25, -0.2) is 8.42 Å². The van der Waals surface area contributed by atoms with Crippen LogP contribution in [0.5, 0.6) is 5.75 Å². The Bertz CT molecular complexity index is 1240. The Balaban J connectivity index is 1.55. The summed E-state index contributed by atoms with van der Waals surface area (Å²) in [5.74, 6) is -2.19. The third kappa shape index (κ3) is 3.91. The van der Waals surface area contributed by atoms with Gasteiger partial charge < -0.3 is 14.4 Å². The molecule has 0 amide bonds. The molecule has 8 nitrogen and oxygen atoms in total. The predicted octanol–water partition coefficient (Wildman–Crippen LogP) is 3.61. The predicted molar refractivity (Wildman–Crippen MR) is 113 cm³/mol. The first kappa shape index (κ1) is 23.6. The lowest BCUT2D eigenvalue weighted by molar-refractivity contribution is -0.155. The van der Waals surface area contributed by atoms with Crippen molar-refractivity contribution in [3.05, 3.63) is 53.4 Å². The third-order valence-corrected chi connectivity index (χ3v) is 9.61. The standard InChI is InChI=1S/C20H19F3N2O6S2/c1-18(11-5-3-4-6-13(11)30-2)10-19(18,17(26)27)25-33(28,29)16-8-7-14(32-16)12-9-15(31-24-12)20(21,22)23/h3-7,9,16,25H,8,10H2,1-2H3,(H,26,27). The molecule has 13 heteroatoms. The van der Waals surface area contributed by atoms with Crippen molar-refractivity contribution in [3.8, 4) is 5.75 Å². The second kappa shape index (κ2) is 7.77. The Morgan fingerprint density at radius 1 is 1.36 bits per heavy atom. The van der Waals surface area contributed by atoms with Gasteiger partial charge in [-0.15, -0.1) is 11.8 Å². The van der Waals surface area contributed by atoms with Crippen molar-refractivity contribution in [1.29, 1.82) is 0 Å². The van der Waals surface area contributed by atoms with Crippen LogP contribution in [0.4, 0.5) is 13.2 Å². The minimum Gasteiger partial charge on any atom is -0.496 e. The van der Waals surface area contributed by atoms with Gasteiger partial charge in [-0.1, -0.05) is 36.4 Å². The lowest BCUT2D eigenvalue weighted by Gasteiger charge is -2.24. The number of hydrogen-bond donors (Lipinski definition) is 2. The number of halogens is 3. The van der Waals surface area contributed by atoms with Crippen LogP contribution in [0.1, 0.15) is 36.8 Å². The summed E-state index contributed by atoms with van der Waals surface area (Å²) < 4.78 is 75.4. The Labute approximate surface area is 191 Å². The molecule has 4 rings (SSSR count). The summed E-state index contributed by atoms with van der Waals surface area (Å²) in [5, 5.41) is 13.3. The number of methoxy groups -OCH3 is 1. The molecular weight excluding hydrogens is 485 g/mol. The van der Waals surface area contributed by atoms with Gasteiger partial charge in [0.05, 0.1) is 7.11 Å². The van der Waals surface area contributed by atoms with Crippen LogP contribution in [0.15, 0.2) is 40.9 Å². The van der Waals surface area contributed by atoms with Crippen LogP contribution < -0.4 is 9.46 Å². The number of carboxylic acid groups (broad SMARTS) is 1. The zero-order chi connectivity index (χ0) is 24.2. The third-order valence-electron chi connectivity index (χ3n) is 5.96. The number of nitrogens with zero attached hydrogens (tertiary/aromatic N) is 1. The number of sulfonamides is 1. The van der Waals surface area contributed by atoms with Crippen molar-refractivity contribution in [3.63, 3.8) is 0 Å². The molecule has 2 aromatic rings. The maximum atomic E-state index is 13.1. The van der Waals surface area contributed by atoms with Gasteiger partial charge in [0.25, 0.3) is 0 Å². The van der Waals surface area contributed by atoms with E-state index in [1.54, 1.807) is 31.2 Å². The lowest BCUT2D eigenvalue weighted by atomic mass is 9.92. The topological polar surface area (TPSA) is 119 Å². The SMILES string of the molecule is COc1ccccc1C1(C)CC1(NS(=O)(=O)C1CC=C(c2cc(C(F)(F)F)on2)S1)C(=O)O. The summed E-state index contributed by atoms with van der Waals surface area (Å²) in [6.45, 7) is 1.64. The van der Waals surface area contributed by atoms with E-state index in [-0.39, 0.29) is 23.4 Å². The van der Waals surface area contributed by atoms with E-state index in [9.17, 15) is 31.5 Å². The number of nitrogens with one attached hydrogen (secondary N) is 1. The summed E-state index contributed by atoms with van der Waals surface area (Å²) in [4.78, 5) is 12.4. The summed E-state index contributed by atoms with van der Waals surface area (Å²) in [6.07, 6.45) is -3.31. The molecule has 1 aliphatic heterocycles. The normalized spacial score (nSPS) is 27.3. The summed E-state index contributed by atoms with van der Waals surface area (Å²) in [7, 11) is -2.76. The molecule has 2 heterocycles. The number of aromatic nitrogens is 1. The number of para-hydroxylation sites is 1. The van der Waals surface area contributed by atoms with Crippen molar-refractivity contribution in [2.45, 2.75) is 41.5 Å². The highest BCUT2D eigenvalue weighted by Gasteiger charge is 2.73. The molecule has 1 aromatic carbocycles. The quantitative estimate of drug-likeness (QED) is 0.587. The molecule has 2 aliphatic rings. The fourth-order valence-corrected chi connectivity index (χ4v) is 7.24. The highest BCUT2D eigenvalue weighted by atomic mass is 32.3. The first-order valence-corrected chi connectivity index (χ1v) is 12.1. The van der Waals surface area contributed by atoms with Gasteiger partial charge in [0.1, 0.15) is 21.6 Å². The monoisotopic (exact) mass is 504 g/mol. The van der Waals surface area contributed by atoms with Crippen molar-refractivity contribution < 1.29 is 40.8 Å². The van der Waals surface area contributed by atoms with Crippen molar-refractivity contribution in [2.75, 3.05) is 7.11 Å². The van der Waals surface area contributed by atoms with Crippen LogP contribution in [0.3, 0.4) is 0 Å². The molecule has 178 valence electrons. The highest BCUT2D eigenvalue weighted by molar-refractivity contribution is 8.18. The first-order valence-electron chi connectivity index (χ1n) is 9.65. The Morgan fingerprint density at radius 3 is 2.67 bits per heavy atom. The van der Waals surface area contributed by atoms with E-state index in [1.165, 1.54) is 13.2 Å². The van der Waals surface area contributed by atoms with Crippen molar-refractivity contribution >= 4 is 32.7 Å².